The van der Waals surface area contributed by atoms with Crippen molar-refractivity contribution < 1.29 is 4.42 Å². The highest BCUT2D eigenvalue weighted by Crippen LogP contribution is 2.51. The van der Waals surface area contributed by atoms with Crippen LogP contribution in [0.2, 0.25) is 0 Å². The molecule has 3 aromatic heterocycles. The van der Waals surface area contributed by atoms with Crippen LogP contribution >= 0.6 is 22.7 Å². The van der Waals surface area contributed by atoms with E-state index in [0.29, 0.717) is 0 Å². The molecular formula is C142H95N3OS2. The van der Waals surface area contributed by atoms with Crippen LogP contribution in [0.1, 0.15) is 0 Å². The summed E-state index contributed by atoms with van der Waals surface area (Å²) in [7, 11) is 0. The minimum Gasteiger partial charge on any atom is -0.456 e. The summed E-state index contributed by atoms with van der Waals surface area (Å²) >= 11 is 3.71. The number of anilines is 9. The van der Waals surface area contributed by atoms with Gasteiger partial charge >= 0.3 is 0 Å². The van der Waals surface area contributed by atoms with Gasteiger partial charge in [-0.25, -0.2) is 0 Å². The normalized spacial score (nSPS) is 11.4. The van der Waals surface area contributed by atoms with E-state index in [-0.39, 0.29) is 0 Å². The van der Waals surface area contributed by atoms with E-state index in [1.807, 2.05) is 34.8 Å². The third-order valence-corrected chi connectivity index (χ3v) is 31.0. The van der Waals surface area contributed by atoms with Crippen LogP contribution < -0.4 is 14.7 Å². The van der Waals surface area contributed by atoms with E-state index < -0.39 is 0 Å². The lowest BCUT2D eigenvalue weighted by atomic mass is 9.91. The molecule has 3 heterocycles. The minimum absolute atomic E-state index is 0.875. The van der Waals surface area contributed by atoms with Gasteiger partial charge < -0.3 is 19.1 Å². The zero-order valence-corrected chi connectivity index (χ0v) is 82.5. The molecule has 0 fully saturated rings. The van der Waals surface area contributed by atoms with Crippen molar-refractivity contribution in [3.05, 3.63) is 576 Å². The summed E-state index contributed by atoms with van der Waals surface area (Å²) in [6, 6.07) is 208. The number of furan rings is 1. The molecule has 0 spiro atoms. The Hall–Kier alpha value is -18.8. The van der Waals surface area contributed by atoms with Gasteiger partial charge in [0.15, 0.2) is 0 Å². The quantitative estimate of drug-likeness (QED) is 0.0854. The molecule has 28 aromatic rings. The van der Waals surface area contributed by atoms with E-state index in [1.165, 1.54) is 189 Å². The zero-order valence-electron chi connectivity index (χ0n) is 80.9. The number of thiophene rings is 2. The number of fused-ring (bicyclic) bond motifs is 13. The fraction of sp³-hybridized carbons (Fsp3) is 0. The van der Waals surface area contributed by atoms with Crippen molar-refractivity contribution in [2.24, 2.45) is 0 Å². The smallest absolute Gasteiger partial charge is 0.137 e. The highest BCUT2D eigenvalue weighted by atomic mass is 32.1. The molecule has 0 aliphatic heterocycles. The maximum Gasteiger partial charge on any atom is 0.137 e. The molecule has 25 aromatic carbocycles. The summed E-state index contributed by atoms with van der Waals surface area (Å²) in [4.78, 5) is 7.15. The maximum atomic E-state index is 6.33. The predicted molar refractivity (Wildman–Crippen MR) is 635 cm³/mol. The zero-order chi connectivity index (χ0) is 98.2. The van der Waals surface area contributed by atoms with Gasteiger partial charge in [-0.15, -0.1) is 22.7 Å². The van der Waals surface area contributed by atoms with Crippen LogP contribution in [0.4, 0.5) is 51.2 Å². The Balaban J connectivity index is 0.000000112. The first-order valence-corrected chi connectivity index (χ1v) is 52.1. The summed E-state index contributed by atoms with van der Waals surface area (Å²) in [5, 5.41) is 17.4. The molecular weight excluding hydrogens is 1830 g/mol. The van der Waals surface area contributed by atoms with Gasteiger partial charge in [0.1, 0.15) is 11.2 Å². The highest BCUT2D eigenvalue weighted by Gasteiger charge is 2.26. The molecule has 0 amide bonds. The summed E-state index contributed by atoms with van der Waals surface area (Å²) in [5.74, 6) is 0. The van der Waals surface area contributed by atoms with Gasteiger partial charge in [-0.3, -0.25) is 0 Å². The fourth-order valence-corrected chi connectivity index (χ4v) is 23.8. The third-order valence-electron chi connectivity index (χ3n) is 28.8. The van der Waals surface area contributed by atoms with Crippen LogP contribution in [0.25, 0.3) is 206 Å². The summed E-state index contributed by atoms with van der Waals surface area (Å²) in [6.07, 6.45) is 0. The topological polar surface area (TPSA) is 22.9 Å². The molecule has 4 nitrogen and oxygen atoms in total. The van der Waals surface area contributed by atoms with Crippen molar-refractivity contribution >= 4 is 179 Å². The molecule has 0 saturated heterocycles. The number of benzene rings is 25. The highest BCUT2D eigenvalue weighted by molar-refractivity contribution is 7.26. The Kier molecular flexibility index (Phi) is 23.8. The van der Waals surface area contributed by atoms with Crippen molar-refractivity contribution in [3.63, 3.8) is 0 Å². The lowest BCUT2D eigenvalue weighted by Gasteiger charge is -2.27. The molecule has 148 heavy (non-hydrogen) atoms. The van der Waals surface area contributed by atoms with Crippen LogP contribution in [0.5, 0.6) is 0 Å². The number of hydrogen-bond donors (Lipinski definition) is 0. The average molecular weight is 1920 g/mol. The first-order valence-electron chi connectivity index (χ1n) is 50.4. The monoisotopic (exact) mass is 1920 g/mol. The van der Waals surface area contributed by atoms with Crippen LogP contribution in [0.3, 0.4) is 0 Å². The lowest BCUT2D eigenvalue weighted by Crippen LogP contribution is -2.10. The molecule has 28 rings (SSSR count). The molecule has 0 unspecified atom stereocenters. The molecule has 6 heteroatoms. The van der Waals surface area contributed by atoms with E-state index in [2.05, 4.69) is 579 Å². The molecule has 0 bridgehead atoms. The third kappa shape index (κ3) is 17.4. The molecule has 0 saturated carbocycles. The van der Waals surface area contributed by atoms with Crippen LogP contribution in [-0.2, 0) is 0 Å². The average Bonchev–Trinajstić information content (AvgIpc) is 1.61. The fourth-order valence-electron chi connectivity index (χ4n) is 21.6. The number of rotatable bonds is 18. The van der Waals surface area contributed by atoms with Gasteiger partial charge in [0.2, 0.25) is 0 Å². The van der Waals surface area contributed by atoms with Crippen LogP contribution in [-0.4, -0.2) is 0 Å². The van der Waals surface area contributed by atoms with E-state index >= 15 is 0 Å². The second-order valence-electron chi connectivity index (χ2n) is 37.7. The number of hydrogen-bond acceptors (Lipinski definition) is 6. The van der Waals surface area contributed by atoms with Gasteiger partial charge in [-0.2, -0.15) is 0 Å². The van der Waals surface area contributed by atoms with Crippen molar-refractivity contribution in [3.8, 4) is 100 Å². The van der Waals surface area contributed by atoms with Gasteiger partial charge in [0.05, 0.1) is 16.8 Å². The molecule has 0 radical (unpaired) electrons. The second kappa shape index (κ2) is 39.5. The molecule has 0 atom stereocenters. The predicted octanol–water partition coefficient (Wildman–Crippen LogP) is 41.7. The maximum absolute atomic E-state index is 6.33. The lowest BCUT2D eigenvalue weighted by molar-refractivity contribution is 0.669. The van der Waals surface area contributed by atoms with Gasteiger partial charge in [-0.1, -0.05) is 413 Å². The Labute approximate surface area is 868 Å². The van der Waals surface area contributed by atoms with Crippen molar-refractivity contribution in [1.29, 1.82) is 0 Å². The van der Waals surface area contributed by atoms with Gasteiger partial charge in [-0.05, 0) is 307 Å². The first kappa shape index (κ1) is 89.3. The van der Waals surface area contributed by atoms with Crippen molar-refractivity contribution in [2.45, 2.75) is 0 Å². The van der Waals surface area contributed by atoms with Crippen molar-refractivity contribution in [2.75, 3.05) is 14.7 Å². The Morgan fingerprint density at radius 2 is 0.399 bits per heavy atom. The molecule has 0 aliphatic carbocycles. The Morgan fingerprint density at radius 1 is 0.135 bits per heavy atom. The van der Waals surface area contributed by atoms with E-state index in [4.69, 9.17) is 4.42 Å². The van der Waals surface area contributed by atoms with Crippen LogP contribution in [0.15, 0.2) is 581 Å². The molecule has 0 aliphatic rings. The minimum atomic E-state index is 0.875. The van der Waals surface area contributed by atoms with E-state index in [9.17, 15) is 0 Å². The SMILES string of the molecule is c1ccc(-c2cc3ccccc3cc2-c2ccc(N(c3ccc(-c4cccc5ccccc45)cc3)c3ccc4c(c3)sc3ccccc34)cc2)cc1.c1ccc(-c2ccc(N(c3ccc(-c4cc5ccccc5cc4-c4ccccc4)cc3)c3cccc4oc5ccccc5c34)cc2)cc1.c1ccc(-c2ccc(N(c3ccc(-c4cc5ccccc5cc4-c4ccccc4)cc3)c3cccc4sc5ccccc5c34)cc2)cc1. The largest absolute Gasteiger partial charge is 0.456 e. The van der Waals surface area contributed by atoms with Crippen molar-refractivity contribution in [1.82, 2.24) is 0 Å². The first-order chi connectivity index (χ1) is 73.4. The standard InChI is InChI=1S/C50H33NS.C46H31NO.C46H31NS/c1-2-11-35(12-3-1)47-31-38-14-4-5-15-39(38)32-48(47)37-23-27-41(28-24-37)51(42-29-30-46-45-18-8-9-20-49(45)52-50(46)33-42)40-25-21-36(22-26-40)44-19-10-16-34-13-6-7-17-43(34)44;2*1-3-12-32(13-4-1)33-22-26-38(27-23-33)47(43-19-11-21-45-46(43)40-18-9-10-20-44(40)48-45)39-28-24-35(25-29-39)42-31-37-17-8-7-16-36(37)30-41(42)34-14-5-2-6-15-34/h1-33H;2*1-31H. The van der Waals surface area contributed by atoms with Gasteiger partial charge in [0, 0.05) is 85.5 Å². The van der Waals surface area contributed by atoms with Crippen LogP contribution in [0, 0.1) is 0 Å². The molecule has 696 valence electrons. The summed E-state index contributed by atoms with van der Waals surface area (Å²) in [5.41, 5.74) is 33.7. The Morgan fingerprint density at radius 3 is 0.824 bits per heavy atom. The van der Waals surface area contributed by atoms with E-state index in [1.54, 1.807) is 0 Å². The Bertz CT molecular complexity index is 9370. The number of nitrogens with zero attached hydrogens (tertiary/aromatic N) is 3. The number of para-hydroxylation sites is 1. The summed E-state index contributed by atoms with van der Waals surface area (Å²) in [6.45, 7) is 0. The summed E-state index contributed by atoms with van der Waals surface area (Å²) < 4.78 is 11.5. The molecule has 0 N–H and O–H groups in total. The van der Waals surface area contributed by atoms with E-state index in [0.717, 1.165) is 67.4 Å². The second-order valence-corrected chi connectivity index (χ2v) is 39.8. The van der Waals surface area contributed by atoms with Gasteiger partial charge in [0.25, 0.3) is 0 Å².